The number of aliphatic hydroxyl groups excluding tert-OH is 1. The summed E-state index contributed by atoms with van der Waals surface area (Å²) in [4.78, 5) is 13.5. The summed E-state index contributed by atoms with van der Waals surface area (Å²) in [6, 6.07) is 3.93. The highest BCUT2D eigenvalue weighted by atomic mass is 16.2. The smallest absolute Gasteiger partial charge is 0.224 e. The van der Waals surface area contributed by atoms with Gasteiger partial charge in [0.15, 0.2) is 0 Å². The average Bonchev–Trinajstić information content (AvgIpc) is 2.42. The van der Waals surface area contributed by atoms with Gasteiger partial charge in [-0.25, -0.2) is 0 Å². The highest BCUT2D eigenvalue weighted by molar-refractivity contribution is 5.95. The molecule has 0 spiro atoms. The van der Waals surface area contributed by atoms with Gasteiger partial charge in [0.05, 0.1) is 11.4 Å². The van der Waals surface area contributed by atoms with Gasteiger partial charge in [-0.3, -0.25) is 4.79 Å². The van der Waals surface area contributed by atoms with Crippen molar-refractivity contribution in [3.8, 4) is 0 Å². The number of rotatable bonds is 6. The maximum Gasteiger partial charge on any atom is 0.224 e. The minimum Gasteiger partial charge on any atom is -0.397 e. The van der Waals surface area contributed by atoms with Gasteiger partial charge >= 0.3 is 0 Å². The average molecular weight is 277 g/mol. The second kappa shape index (κ2) is 6.61. The summed E-state index contributed by atoms with van der Waals surface area (Å²) in [5.41, 5.74) is 9.79. The summed E-state index contributed by atoms with van der Waals surface area (Å²) in [6.45, 7) is 1.17. The fourth-order valence-electron chi connectivity index (χ4n) is 2.52. The molecule has 20 heavy (non-hydrogen) atoms. The van der Waals surface area contributed by atoms with Gasteiger partial charge < -0.3 is 21.1 Å². The molecule has 0 radical (unpaired) electrons. The van der Waals surface area contributed by atoms with E-state index in [1.165, 1.54) is 0 Å². The van der Waals surface area contributed by atoms with Crippen LogP contribution < -0.4 is 16.0 Å². The molecule has 0 saturated heterocycles. The third-order valence-electron chi connectivity index (χ3n) is 3.71. The molecule has 0 aliphatic carbocycles. The molecule has 1 aromatic carbocycles. The van der Waals surface area contributed by atoms with Gasteiger partial charge in [0.25, 0.3) is 0 Å². The number of hydrogen-bond acceptors (Lipinski definition) is 4. The SMILES string of the molecule is CN(CCCCCO)c1cc2c(cc1N)NC(=O)CC2. The van der Waals surface area contributed by atoms with Gasteiger partial charge in [-0.2, -0.15) is 0 Å². The second-order valence-electron chi connectivity index (χ2n) is 5.32. The van der Waals surface area contributed by atoms with Crippen LogP contribution in [0.25, 0.3) is 0 Å². The molecule has 4 N–H and O–H groups in total. The van der Waals surface area contributed by atoms with Crippen LogP contribution in [0.2, 0.25) is 0 Å². The lowest BCUT2D eigenvalue weighted by Gasteiger charge is -2.25. The largest absolute Gasteiger partial charge is 0.397 e. The first-order valence-electron chi connectivity index (χ1n) is 7.16. The number of aryl methyl sites for hydroxylation is 1. The predicted molar refractivity (Wildman–Crippen MR) is 82.0 cm³/mol. The van der Waals surface area contributed by atoms with E-state index in [0.717, 1.165) is 49.2 Å². The van der Waals surface area contributed by atoms with Crippen LogP contribution in [0.15, 0.2) is 12.1 Å². The lowest BCUT2D eigenvalue weighted by molar-refractivity contribution is -0.116. The van der Waals surface area contributed by atoms with Gasteiger partial charge in [-0.15, -0.1) is 0 Å². The molecule has 0 atom stereocenters. The molecule has 1 amide bonds. The predicted octanol–water partition coefficient (Wildman–Crippen LogP) is 1.75. The Bertz CT molecular complexity index is 488. The number of aliphatic hydroxyl groups is 1. The first-order chi connectivity index (χ1) is 9.61. The number of nitrogens with one attached hydrogen (secondary N) is 1. The maximum absolute atomic E-state index is 11.4. The minimum atomic E-state index is 0.0574. The van der Waals surface area contributed by atoms with E-state index in [2.05, 4.69) is 16.3 Å². The van der Waals surface area contributed by atoms with Crippen LogP contribution in [0.3, 0.4) is 0 Å². The lowest BCUT2D eigenvalue weighted by Crippen LogP contribution is -2.23. The number of carbonyl (C=O) groups excluding carboxylic acids is 1. The zero-order valence-corrected chi connectivity index (χ0v) is 12.0. The number of nitrogens with two attached hydrogens (primary N) is 1. The molecule has 110 valence electrons. The van der Waals surface area contributed by atoms with Gasteiger partial charge in [0.2, 0.25) is 5.91 Å². The third-order valence-corrected chi connectivity index (χ3v) is 3.71. The van der Waals surface area contributed by atoms with Crippen LogP contribution in [0.1, 0.15) is 31.2 Å². The van der Waals surface area contributed by atoms with Crippen LogP contribution in [0.5, 0.6) is 0 Å². The molecule has 0 aromatic heterocycles. The Kier molecular flexibility index (Phi) is 4.84. The van der Waals surface area contributed by atoms with Crippen LogP contribution in [-0.4, -0.2) is 31.2 Å². The molecule has 0 saturated carbocycles. The zero-order chi connectivity index (χ0) is 14.5. The van der Waals surface area contributed by atoms with E-state index in [0.29, 0.717) is 12.1 Å². The van der Waals surface area contributed by atoms with Crippen molar-refractivity contribution in [3.63, 3.8) is 0 Å². The number of fused-ring (bicyclic) bond motifs is 1. The molecule has 2 rings (SSSR count). The molecule has 5 nitrogen and oxygen atoms in total. The highest BCUT2D eigenvalue weighted by Gasteiger charge is 2.17. The normalized spacial score (nSPS) is 13.8. The summed E-state index contributed by atoms with van der Waals surface area (Å²) >= 11 is 0. The van der Waals surface area contributed by atoms with Gasteiger partial charge in [0.1, 0.15) is 0 Å². The Morgan fingerprint density at radius 3 is 2.85 bits per heavy atom. The van der Waals surface area contributed by atoms with Crippen LogP contribution in [0, 0.1) is 0 Å². The third kappa shape index (κ3) is 3.42. The van der Waals surface area contributed by atoms with Crippen molar-refractivity contribution in [2.45, 2.75) is 32.1 Å². The molecule has 5 heteroatoms. The molecular formula is C15H23N3O2. The summed E-state index contributed by atoms with van der Waals surface area (Å²) in [5.74, 6) is 0.0574. The Hall–Kier alpha value is -1.75. The fraction of sp³-hybridized carbons (Fsp3) is 0.533. The fourth-order valence-corrected chi connectivity index (χ4v) is 2.52. The van der Waals surface area contributed by atoms with E-state index in [9.17, 15) is 4.79 Å². The van der Waals surface area contributed by atoms with E-state index < -0.39 is 0 Å². The maximum atomic E-state index is 11.4. The van der Waals surface area contributed by atoms with Crippen molar-refractivity contribution in [3.05, 3.63) is 17.7 Å². The zero-order valence-electron chi connectivity index (χ0n) is 12.0. The molecular weight excluding hydrogens is 254 g/mol. The molecule has 1 aliphatic rings. The van der Waals surface area contributed by atoms with E-state index >= 15 is 0 Å². The molecule has 1 aliphatic heterocycles. The van der Waals surface area contributed by atoms with Crippen molar-refractivity contribution in [2.75, 3.05) is 36.1 Å². The summed E-state index contributed by atoms with van der Waals surface area (Å²) in [5, 5.41) is 11.6. The van der Waals surface area contributed by atoms with E-state index in [4.69, 9.17) is 10.8 Å². The molecule has 1 heterocycles. The minimum absolute atomic E-state index is 0.0574. The topological polar surface area (TPSA) is 78.6 Å². The summed E-state index contributed by atoms with van der Waals surface area (Å²) in [7, 11) is 2.03. The first-order valence-corrected chi connectivity index (χ1v) is 7.16. The number of carbonyl (C=O) groups is 1. The number of nitrogen functional groups attached to an aromatic ring is 1. The van der Waals surface area contributed by atoms with Crippen molar-refractivity contribution < 1.29 is 9.90 Å². The van der Waals surface area contributed by atoms with E-state index in [-0.39, 0.29) is 12.5 Å². The van der Waals surface area contributed by atoms with Crippen molar-refractivity contribution in [2.24, 2.45) is 0 Å². The number of hydrogen-bond donors (Lipinski definition) is 3. The number of nitrogens with zero attached hydrogens (tertiary/aromatic N) is 1. The number of anilines is 3. The molecule has 0 bridgehead atoms. The number of unbranched alkanes of at least 4 members (excludes halogenated alkanes) is 2. The standard InChI is InChI=1S/C15H23N3O2/c1-18(7-3-2-4-8-19)14-9-11-5-6-15(20)17-13(11)10-12(14)16/h9-10,19H,2-8,16H2,1H3,(H,17,20). The number of amides is 1. The highest BCUT2D eigenvalue weighted by Crippen LogP contribution is 2.32. The van der Waals surface area contributed by atoms with Gasteiger partial charge in [0, 0.05) is 32.3 Å². The van der Waals surface area contributed by atoms with Crippen LogP contribution in [-0.2, 0) is 11.2 Å². The Morgan fingerprint density at radius 2 is 2.10 bits per heavy atom. The second-order valence-corrected chi connectivity index (χ2v) is 5.32. The Labute approximate surface area is 119 Å². The van der Waals surface area contributed by atoms with Crippen molar-refractivity contribution in [1.29, 1.82) is 0 Å². The van der Waals surface area contributed by atoms with E-state index in [1.807, 2.05) is 13.1 Å². The quantitative estimate of drug-likeness (QED) is 0.547. The molecule has 0 fully saturated rings. The van der Waals surface area contributed by atoms with Crippen LogP contribution >= 0.6 is 0 Å². The Balaban J connectivity index is 2.06. The first kappa shape index (κ1) is 14.7. The molecule has 1 aromatic rings. The van der Waals surface area contributed by atoms with Gasteiger partial charge in [-0.1, -0.05) is 0 Å². The Morgan fingerprint density at radius 1 is 1.30 bits per heavy atom. The molecule has 0 unspecified atom stereocenters. The lowest BCUT2D eigenvalue weighted by atomic mass is 10.0. The number of benzene rings is 1. The van der Waals surface area contributed by atoms with Crippen molar-refractivity contribution in [1.82, 2.24) is 0 Å². The van der Waals surface area contributed by atoms with Gasteiger partial charge in [-0.05, 0) is 43.4 Å². The van der Waals surface area contributed by atoms with Crippen molar-refractivity contribution >= 4 is 23.0 Å². The summed E-state index contributed by atoms with van der Waals surface area (Å²) in [6.07, 6.45) is 4.20. The van der Waals surface area contributed by atoms with Crippen LogP contribution in [0.4, 0.5) is 17.1 Å². The van der Waals surface area contributed by atoms with E-state index in [1.54, 1.807) is 0 Å². The summed E-state index contributed by atoms with van der Waals surface area (Å²) < 4.78 is 0. The monoisotopic (exact) mass is 277 g/mol.